The van der Waals surface area contributed by atoms with Crippen molar-refractivity contribution >= 4 is 5.91 Å². The summed E-state index contributed by atoms with van der Waals surface area (Å²) in [6, 6.07) is 37.9. The zero-order chi connectivity index (χ0) is 28.2. The summed E-state index contributed by atoms with van der Waals surface area (Å²) in [4.78, 5) is 18.3. The Kier molecular flexibility index (Phi) is 11.1. The minimum absolute atomic E-state index is 0.128. The molecule has 0 spiro atoms. The fourth-order valence-corrected chi connectivity index (χ4v) is 5.39. The first kappa shape index (κ1) is 29.3. The number of likely N-dealkylation sites (tertiary alicyclic amines) is 1. The van der Waals surface area contributed by atoms with E-state index >= 15 is 0 Å². The van der Waals surface area contributed by atoms with Gasteiger partial charge < -0.3 is 9.80 Å². The number of benzene rings is 4. The molecule has 0 saturated carbocycles. The van der Waals surface area contributed by atoms with Gasteiger partial charge in [-0.1, -0.05) is 116 Å². The third-order valence-corrected chi connectivity index (χ3v) is 7.77. The van der Waals surface area contributed by atoms with Crippen molar-refractivity contribution in [2.24, 2.45) is 5.92 Å². The molecule has 1 aliphatic rings. The second-order valence-electron chi connectivity index (χ2n) is 10.6. The molecule has 4 aromatic rings. The minimum atomic E-state index is 0.128. The predicted molar refractivity (Wildman–Crippen MR) is 168 cm³/mol. The van der Waals surface area contributed by atoms with Gasteiger partial charge in [-0.2, -0.15) is 0 Å². The highest BCUT2D eigenvalue weighted by Gasteiger charge is 2.24. The van der Waals surface area contributed by atoms with Crippen LogP contribution in [-0.4, -0.2) is 41.9 Å². The maximum atomic E-state index is 13.7. The molecule has 0 bridgehead atoms. The molecular formula is C37H44N2O. The lowest BCUT2D eigenvalue weighted by Crippen LogP contribution is -2.41. The molecule has 3 heteroatoms. The minimum Gasteiger partial charge on any atom is -0.334 e. The second-order valence-corrected chi connectivity index (χ2v) is 10.6. The molecular weight excluding hydrogens is 488 g/mol. The van der Waals surface area contributed by atoms with Crippen molar-refractivity contribution in [2.75, 3.05) is 26.2 Å². The fraction of sp³-hybridized carbons (Fsp3) is 0.324. The summed E-state index contributed by atoms with van der Waals surface area (Å²) in [5.74, 6) is 0.657. The molecule has 5 rings (SSSR count). The first-order valence-electron chi connectivity index (χ1n) is 14.9. The standard InChI is InChI=1S/C35H38N2O.C2H6/c1-28-12-16-34(17-13-28)35(38)37(26-30-14-18-33(19-15-30)32-10-6-3-7-11-32)27-31-21-24-36(25-22-31)23-20-29-8-4-2-5-9-29;1-2/h2-19,31H,20-27H2,1H3;1-2H3. The Labute approximate surface area is 241 Å². The average molecular weight is 533 g/mol. The van der Waals surface area contributed by atoms with E-state index in [1.54, 1.807) is 0 Å². The smallest absolute Gasteiger partial charge is 0.254 e. The molecule has 1 aliphatic heterocycles. The van der Waals surface area contributed by atoms with Crippen molar-refractivity contribution in [3.63, 3.8) is 0 Å². The van der Waals surface area contributed by atoms with E-state index in [2.05, 4.69) is 95.6 Å². The molecule has 208 valence electrons. The van der Waals surface area contributed by atoms with Crippen molar-refractivity contribution in [3.8, 4) is 11.1 Å². The van der Waals surface area contributed by atoms with Gasteiger partial charge in [-0.25, -0.2) is 0 Å². The Morgan fingerprint density at radius 3 is 1.93 bits per heavy atom. The molecule has 4 aromatic carbocycles. The Bertz CT molecular complexity index is 1280. The Morgan fingerprint density at radius 2 is 1.30 bits per heavy atom. The molecule has 1 heterocycles. The molecule has 1 fully saturated rings. The first-order chi connectivity index (χ1) is 19.6. The average Bonchev–Trinajstić information content (AvgIpc) is 3.03. The highest BCUT2D eigenvalue weighted by Crippen LogP contribution is 2.23. The van der Waals surface area contributed by atoms with E-state index < -0.39 is 0 Å². The molecule has 0 aliphatic carbocycles. The van der Waals surface area contributed by atoms with E-state index in [4.69, 9.17) is 0 Å². The topological polar surface area (TPSA) is 23.6 Å². The molecule has 40 heavy (non-hydrogen) atoms. The van der Waals surface area contributed by atoms with Gasteiger partial charge in [0.1, 0.15) is 0 Å². The summed E-state index contributed by atoms with van der Waals surface area (Å²) in [7, 11) is 0. The molecule has 1 amide bonds. The summed E-state index contributed by atoms with van der Waals surface area (Å²) in [6.07, 6.45) is 3.38. The number of carbonyl (C=O) groups is 1. The lowest BCUT2D eigenvalue weighted by atomic mass is 9.95. The van der Waals surface area contributed by atoms with Crippen LogP contribution >= 0.6 is 0 Å². The van der Waals surface area contributed by atoms with Crippen molar-refractivity contribution < 1.29 is 4.79 Å². The van der Waals surface area contributed by atoms with Crippen LogP contribution in [0.15, 0.2) is 109 Å². The largest absolute Gasteiger partial charge is 0.334 e. The van der Waals surface area contributed by atoms with Crippen molar-refractivity contribution in [2.45, 2.75) is 46.6 Å². The van der Waals surface area contributed by atoms with Gasteiger partial charge in [0.2, 0.25) is 0 Å². The normalized spacial score (nSPS) is 13.8. The molecule has 1 saturated heterocycles. The number of amides is 1. The van der Waals surface area contributed by atoms with Gasteiger partial charge in [-0.3, -0.25) is 4.79 Å². The van der Waals surface area contributed by atoms with E-state index in [9.17, 15) is 4.79 Å². The number of rotatable bonds is 9. The Morgan fingerprint density at radius 1 is 0.725 bits per heavy atom. The number of carbonyl (C=O) groups excluding carboxylic acids is 1. The van der Waals surface area contributed by atoms with Gasteiger partial charge in [-0.15, -0.1) is 0 Å². The lowest BCUT2D eigenvalue weighted by Gasteiger charge is -2.35. The van der Waals surface area contributed by atoms with Crippen LogP contribution in [0.3, 0.4) is 0 Å². The third-order valence-electron chi connectivity index (χ3n) is 7.77. The Hall–Kier alpha value is -3.69. The lowest BCUT2D eigenvalue weighted by molar-refractivity contribution is 0.0675. The van der Waals surface area contributed by atoms with Gasteiger partial charge in [0, 0.05) is 25.2 Å². The zero-order valence-corrected chi connectivity index (χ0v) is 24.4. The van der Waals surface area contributed by atoms with Crippen LogP contribution in [0.5, 0.6) is 0 Å². The predicted octanol–water partition coefficient (Wildman–Crippen LogP) is 8.29. The van der Waals surface area contributed by atoms with E-state index in [-0.39, 0.29) is 5.91 Å². The summed E-state index contributed by atoms with van der Waals surface area (Å²) in [6.45, 7) is 10.8. The molecule has 0 radical (unpaired) electrons. The third kappa shape index (κ3) is 8.40. The van der Waals surface area contributed by atoms with Crippen LogP contribution < -0.4 is 0 Å². The number of aryl methyl sites for hydroxylation is 1. The SMILES string of the molecule is CC.Cc1ccc(C(=O)N(Cc2ccc(-c3ccccc3)cc2)CC2CCN(CCc3ccccc3)CC2)cc1. The molecule has 0 aromatic heterocycles. The van der Waals surface area contributed by atoms with E-state index in [0.717, 1.165) is 51.0 Å². The Balaban J connectivity index is 0.00000181. The zero-order valence-electron chi connectivity index (χ0n) is 24.4. The first-order valence-corrected chi connectivity index (χ1v) is 14.9. The van der Waals surface area contributed by atoms with Crippen LogP contribution in [0.1, 0.15) is 53.7 Å². The highest BCUT2D eigenvalue weighted by molar-refractivity contribution is 5.94. The second kappa shape index (κ2) is 15.2. The van der Waals surface area contributed by atoms with Gasteiger partial charge in [0.25, 0.3) is 5.91 Å². The van der Waals surface area contributed by atoms with Crippen LogP contribution in [0.4, 0.5) is 0 Å². The summed E-state index contributed by atoms with van der Waals surface area (Å²) >= 11 is 0. The maximum Gasteiger partial charge on any atom is 0.254 e. The van der Waals surface area contributed by atoms with Crippen LogP contribution in [0.25, 0.3) is 11.1 Å². The number of piperidine rings is 1. The maximum absolute atomic E-state index is 13.7. The summed E-state index contributed by atoms with van der Waals surface area (Å²) < 4.78 is 0. The van der Waals surface area contributed by atoms with Gasteiger partial charge >= 0.3 is 0 Å². The van der Waals surface area contributed by atoms with Crippen molar-refractivity contribution in [1.82, 2.24) is 9.80 Å². The molecule has 0 atom stereocenters. The summed E-state index contributed by atoms with van der Waals surface area (Å²) in [5, 5.41) is 0. The van der Waals surface area contributed by atoms with Gasteiger partial charge in [-0.05, 0) is 79.6 Å². The monoisotopic (exact) mass is 532 g/mol. The van der Waals surface area contributed by atoms with Crippen LogP contribution in [0, 0.1) is 12.8 Å². The highest BCUT2D eigenvalue weighted by atomic mass is 16.2. The quantitative estimate of drug-likeness (QED) is 0.216. The summed E-state index contributed by atoms with van der Waals surface area (Å²) in [5.41, 5.74) is 6.94. The van der Waals surface area contributed by atoms with Crippen molar-refractivity contribution in [1.29, 1.82) is 0 Å². The van der Waals surface area contributed by atoms with E-state index in [0.29, 0.717) is 12.5 Å². The molecule has 3 nitrogen and oxygen atoms in total. The van der Waals surface area contributed by atoms with E-state index in [1.807, 2.05) is 44.2 Å². The molecule has 0 N–H and O–H groups in total. The fourth-order valence-electron chi connectivity index (χ4n) is 5.39. The van der Waals surface area contributed by atoms with Crippen molar-refractivity contribution in [3.05, 3.63) is 131 Å². The molecule has 0 unspecified atom stereocenters. The van der Waals surface area contributed by atoms with Crippen LogP contribution in [0.2, 0.25) is 0 Å². The van der Waals surface area contributed by atoms with E-state index in [1.165, 1.54) is 27.8 Å². The van der Waals surface area contributed by atoms with Gasteiger partial charge in [0.15, 0.2) is 0 Å². The number of nitrogens with zero attached hydrogens (tertiary/aromatic N) is 2. The van der Waals surface area contributed by atoms with Gasteiger partial charge in [0.05, 0.1) is 0 Å². The number of hydrogen-bond donors (Lipinski definition) is 0. The number of hydrogen-bond acceptors (Lipinski definition) is 2. The van der Waals surface area contributed by atoms with Crippen LogP contribution in [-0.2, 0) is 13.0 Å².